The highest BCUT2D eigenvalue weighted by molar-refractivity contribution is 5.88. The molecule has 0 spiro atoms. The second-order valence-corrected chi connectivity index (χ2v) is 6.28. The molecule has 2 aromatic carbocycles. The molecule has 0 unspecified atom stereocenters. The molecule has 1 aromatic heterocycles. The maximum Gasteiger partial charge on any atom is 0.261 e. The second-order valence-electron chi connectivity index (χ2n) is 6.28. The van der Waals surface area contributed by atoms with Gasteiger partial charge in [0.1, 0.15) is 17.1 Å². The van der Waals surface area contributed by atoms with Gasteiger partial charge in [0.15, 0.2) is 11.5 Å². The lowest BCUT2D eigenvalue weighted by molar-refractivity contribution is 0.174. The average Bonchev–Trinajstić information content (AvgIpc) is 3.28. The molecule has 0 bridgehead atoms. The Morgan fingerprint density at radius 1 is 1.19 bits per heavy atom. The maximum atomic E-state index is 12.8. The minimum Gasteiger partial charge on any atom is -0.494 e. The fourth-order valence-electron chi connectivity index (χ4n) is 3.52. The van der Waals surface area contributed by atoms with Crippen LogP contribution in [0.2, 0.25) is 0 Å². The normalized spacial score (nSPS) is 16.3. The van der Waals surface area contributed by atoms with Gasteiger partial charge in [-0.1, -0.05) is 12.1 Å². The second kappa shape index (κ2) is 5.62. The van der Waals surface area contributed by atoms with Crippen molar-refractivity contribution in [1.29, 1.82) is 0 Å². The van der Waals surface area contributed by atoms with E-state index in [9.17, 15) is 4.79 Å². The number of ether oxygens (including phenoxy) is 3. The molecule has 6 heteroatoms. The third-order valence-corrected chi connectivity index (χ3v) is 4.80. The van der Waals surface area contributed by atoms with E-state index in [2.05, 4.69) is 6.08 Å². The number of allylic oxidation sites excluding steroid dienone is 1. The molecule has 130 valence electrons. The summed E-state index contributed by atoms with van der Waals surface area (Å²) in [7, 11) is 1.59. The summed E-state index contributed by atoms with van der Waals surface area (Å²) in [6.07, 6.45) is 2.81. The van der Waals surface area contributed by atoms with Crippen molar-refractivity contribution in [3.8, 4) is 17.2 Å². The van der Waals surface area contributed by atoms with Crippen molar-refractivity contribution in [1.82, 2.24) is 9.55 Å². The van der Waals surface area contributed by atoms with Gasteiger partial charge in [0.05, 0.1) is 12.5 Å². The molecule has 0 saturated carbocycles. The largest absolute Gasteiger partial charge is 0.494 e. The summed E-state index contributed by atoms with van der Waals surface area (Å²) in [5.41, 5.74) is 2.59. The van der Waals surface area contributed by atoms with Crippen LogP contribution in [-0.4, -0.2) is 23.5 Å². The molecule has 2 aliphatic rings. The Kier molecular flexibility index (Phi) is 3.25. The van der Waals surface area contributed by atoms with E-state index in [1.165, 1.54) is 0 Å². The van der Waals surface area contributed by atoms with Crippen LogP contribution >= 0.6 is 0 Å². The molecule has 5 rings (SSSR count). The molecule has 0 fully saturated rings. The molecule has 0 aliphatic carbocycles. The first-order chi connectivity index (χ1) is 12.7. The summed E-state index contributed by atoms with van der Waals surface area (Å²) in [5.74, 6) is 2.80. The SMILES string of the molecule is COc1cccc2c(=O)n3c(nc12)/C(=C/c1ccc2c(c1)OCO2)CC3. The van der Waals surface area contributed by atoms with Crippen LogP contribution in [0.15, 0.2) is 41.2 Å². The van der Waals surface area contributed by atoms with Crippen LogP contribution in [0.1, 0.15) is 17.8 Å². The van der Waals surface area contributed by atoms with Gasteiger partial charge in [-0.3, -0.25) is 9.36 Å². The van der Waals surface area contributed by atoms with Crippen molar-refractivity contribution in [3.63, 3.8) is 0 Å². The Labute approximate surface area is 149 Å². The lowest BCUT2D eigenvalue weighted by atomic mass is 10.1. The van der Waals surface area contributed by atoms with Gasteiger partial charge in [-0.05, 0) is 47.9 Å². The fourth-order valence-corrected chi connectivity index (χ4v) is 3.52. The van der Waals surface area contributed by atoms with Gasteiger partial charge in [0.2, 0.25) is 6.79 Å². The molecule has 2 aliphatic heterocycles. The third kappa shape index (κ3) is 2.19. The number of hydrogen-bond donors (Lipinski definition) is 0. The number of methoxy groups -OCH3 is 1. The number of rotatable bonds is 2. The van der Waals surface area contributed by atoms with Crippen LogP contribution in [0.3, 0.4) is 0 Å². The van der Waals surface area contributed by atoms with Crippen LogP contribution in [-0.2, 0) is 6.54 Å². The fraction of sp³-hybridized carbons (Fsp3) is 0.200. The Morgan fingerprint density at radius 3 is 2.96 bits per heavy atom. The zero-order chi connectivity index (χ0) is 17.7. The quantitative estimate of drug-likeness (QED) is 0.712. The minimum absolute atomic E-state index is 0.0296. The van der Waals surface area contributed by atoms with E-state index < -0.39 is 0 Å². The molecule has 0 radical (unpaired) electrons. The topological polar surface area (TPSA) is 62.6 Å². The van der Waals surface area contributed by atoms with Crippen LogP contribution in [0.4, 0.5) is 0 Å². The van der Waals surface area contributed by atoms with Gasteiger partial charge < -0.3 is 14.2 Å². The first-order valence-electron chi connectivity index (χ1n) is 8.43. The van der Waals surface area contributed by atoms with Crippen molar-refractivity contribution >= 4 is 22.6 Å². The van der Waals surface area contributed by atoms with Gasteiger partial charge in [0.25, 0.3) is 5.56 Å². The van der Waals surface area contributed by atoms with E-state index in [0.717, 1.165) is 29.1 Å². The summed E-state index contributed by atoms with van der Waals surface area (Å²) in [6, 6.07) is 11.2. The average molecular weight is 348 g/mol. The summed E-state index contributed by atoms with van der Waals surface area (Å²) >= 11 is 0. The first kappa shape index (κ1) is 15.0. The number of fused-ring (bicyclic) bond motifs is 3. The van der Waals surface area contributed by atoms with Gasteiger partial charge in [-0.2, -0.15) is 0 Å². The monoisotopic (exact) mass is 348 g/mol. The molecule has 0 amide bonds. The van der Waals surface area contributed by atoms with Crippen molar-refractivity contribution in [2.45, 2.75) is 13.0 Å². The molecule has 3 heterocycles. The van der Waals surface area contributed by atoms with E-state index in [1.54, 1.807) is 17.7 Å². The summed E-state index contributed by atoms with van der Waals surface area (Å²) < 4.78 is 17.9. The molecule has 3 aromatic rings. The van der Waals surface area contributed by atoms with Gasteiger partial charge in [-0.15, -0.1) is 0 Å². The summed E-state index contributed by atoms with van der Waals surface area (Å²) in [6.45, 7) is 0.881. The van der Waals surface area contributed by atoms with Crippen LogP contribution in [0, 0.1) is 0 Å². The number of aromatic nitrogens is 2. The van der Waals surface area contributed by atoms with Crippen LogP contribution in [0.25, 0.3) is 22.6 Å². The van der Waals surface area contributed by atoms with Crippen molar-refractivity contribution in [3.05, 3.63) is 58.1 Å². The molecule has 26 heavy (non-hydrogen) atoms. The Morgan fingerprint density at radius 2 is 2.08 bits per heavy atom. The third-order valence-electron chi connectivity index (χ3n) is 4.80. The van der Waals surface area contributed by atoms with Crippen molar-refractivity contribution < 1.29 is 14.2 Å². The van der Waals surface area contributed by atoms with Crippen LogP contribution in [0.5, 0.6) is 17.2 Å². The van der Waals surface area contributed by atoms with E-state index >= 15 is 0 Å². The minimum atomic E-state index is -0.0296. The number of para-hydroxylation sites is 1. The molecule has 0 atom stereocenters. The van der Waals surface area contributed by atoms with E-state index in [1.807, 2.05) is 30.3 Å². The smallest absolute Gasteiger partial charge is 0.261 e. The zero-order valence-corrected chi connectivity index (χ0v) is 14.2. The van der Waals surface area contributed by atoms with E-state index in [-0.39, 0.29) is 12.4 Å². The van der Waals surface area contributed by atoms with E-state index in [0.29, 0.717) is 29.0 Å². The molecular formula is C20H16N2O4. The predicted molar refractivity (Wildman–Crippen MR) is 97.6 cm³/mol. The molecular weight excluding hydrogens is 332 g/mol. The van der Waals surface area contributed by atoms with Gasteiger partial charge in [-0.25, -0.2) is 4.98 Å². The summed E-state index contributed by atoms with van der Waals surface area (Å²) in [4.78, 5) is 17.6. The lowest BCUT2D eigenvalue weighted by Gasteiger charge is -2.08. The standard InChI is InChI=1S/C20H16N2O4/c1-24-16-4-2-3-14-18(16)21-19-13(7-8-22(19)20(14)23)9-12-5-6-15-17(10-12)26-11-25-15/h2-6,9-10H,7-8,11H2,1H3/b13-9+. The first-order valence-corrected chi connectivity index (χ1v) is 8.43. The predicted octanol–water partition coefficient (Wildman–Crippen LogP) is 3.08. The highest BCUT2D eigenvalue weighted by Crippen LogP contribution is 2.35. The van der Waals surface area contributed by atoms with Crippen molar-refractivity contribution in [2.24, 2.45) is 0 Å². The maximum absolute atomic E-state index is 12.8. The Hall–Kier alpha value is -3.28. The summed E-state index contributed by atoms with van der Waals surface area (Å²) in [5, 5.41) is 0.581. The highest BCUT2D eigenvalue weighted by Gasteiger charge is 2.22. The van der Waals surface area contributed by atoms with Crippen LogP contribution < -0.4 is 19.8 Å². The van der Waals surface area contributed by atoms with Crippen molar-refractivity contribution in [2.75, 3.05) is 13.9 Å². The Bertz CT molecular complexity index is 1130. The zero-order valence-electron chi connectivity index (χ0n) is 14.2. The van der Waals surface area contributed by atoms with E-state index in [4.69, 9.17) is 19.2 Å². The highest BCUT2D eigenvalue weighted by atomic mass is 16.7. The number of hydrogen-bond acceptors (Lipinski definition) is 5. The molecule has 6 nitrogen and oxygen atoms in total. The molecule has 0 N–H and O–H groups in total. The van der Waals surface area contributed by atoms with Gasteiger partial charge in [0, 0.05) is 6.54 Å². The Balaban J connectivity index is 1.66. The van der Waals surface area contributed by atoms with Gasteiger partial charge >= 0.3 is 0 Å². The number of nitrogens with zero attached hydrogens (tertiary/aromatic N) is 2. The lowest BCUT2D eigenvalue weighted by Crippen LogP contribution is -2.20. The molecule has 0 saturated heterocycles. The number of benzene rings is 2.